The molecule has 0 bridgehead atoms. The van der Waals surface area contributed by atoms with Crippen molar-refractivity contribution in [3.05, 3.63) is 35.9 Å². The van der Waals surface area contributed by atoms with Gasteiger partial charge in [-0.1, -0.05) is 95.5 Å². The van der Waals surface area contributed by atoms with Gasteiger partial charge in [0.25, 0.3) is 5.91 Å². The molecule has 6 amide bonds. The zero-order valence-electron chi connectivity index (χ0n) is 33.0. The Morgan fingerprint density at radius 3 is 2.11 bits per heavy atom. The Hall–Kier alpha value is -4.49. The first kappa shape index (κ1) is 42.3. The number of hydrogen-bond acceptors (Lipinski definition) is 8. The maximum atomic E-state index is 14.2. The van der Waals surface area contributed by atoms with Gasteiger partial charge in [0, 0.05) is 20.6 Å². The third-order valence-corrected chi connectivity index (χ3v) is 10.9. The van der Waals surface area contributed by atoms with E-state index in [9.17, 15) is 33.6 Å². The van der Waals surface area contributed by atoms with Crippen molar-refractivity contribution in [3.8, 4) is 0 Å². The van der Waals surface area contributed by atoms with Crippen molar-refractivity contribution < 1.29 is 38.3 Å². The minimum atomic E-state index is -1.18. The maximum Gasteiger partial charge on any atom is 0.408 e. The quantitative estimate of drug-likeness (QED) is 0.292. The van der Waals surface area contributed by atoms with E-state index in [4.69, 9.17) is 4.74 Å². The number of alkyl carbamates (subject to hydrolysis) is 1. The fourth-order valence-electron chi connectivity index (χ4n) is 7.81. The van der Waals surface area contributed by atoms with E-state index in [0.29, 0.717) is 24.9 Å². The van der Waals surface area contributed by atoms with Crippen molar-refractivity contribution in [1.29, 1.82) is 0 Å². The van der Waals surface area contributed by atoms with Crippen LogP contribution in [0.5, 0.6) is 0 Å². The van der Waals surface area contributed by atoms with Gasteiger partial charge in [-0.3, -0.25) is 28.8 Å². The summed E-state index contributed by atoms with van der Waals surface area (Å²) in [5.74, 6) is -3.99. The topological polar surface area (TPSA) is 183 Å². The van der Waals surface area contributed by atoms with Gasteiger partial charge in [-0.05, 0) is 56.4 Å². The molecule has 2 saturated heterocycles. The van der Waals surface area contributed by atoms with Gasteiger partial charge in [-0.15, -0.1) is 0 Å². The molecule has 298 valence electrons. The summed E-state index contributed by atoms with van der Waals surface area (Å²) in [5, 5.41) is 10.6. The van der Waals surface area contributed by atoms with Crippen LogP contribution in [0, 0.1) is 17.3 Å². The monoisotopic (exact) mass is 752 g/mol. The van der Waals surface area contributed by atoms with Crippen LogP contribution >= 0.6 is 0 Å². The number of piperidine rings is 1. The molecule has 14 heteroatoms. The molecule has 0 spiro atoms. The second-order valence-corrected chi connectivity index (χ2v) is 16.7. The number of nitrogens with zero attached hydrogens (tertiary/aromatic N) is 2. The minimum Gasteiger partial charge on any atom is -0.444 e. The lowest BCUT2D eigenvalue weighted by atomic mass is 9.97. The first-order valence-corrected chi connectivity index (χ1v) is 19.4. The molecule has 6 atom stereocenters. The molecule has 4 rings (SSSR count). The average Bonchev–Trinajstić information content (AvgIpc) is 3.41. The number of carbonyl (C=O) groups excluding carboxylic acids is 7. The number of amides is 6. The van der Waals surface area contributed by atoms with Crippen LogP contribution in [0.15, 0.2) is 30.3 Å². The van der Waals surface area contributed by atoms with E-state index >= 15 is 0 Å². The highest BCUT2D eigenvalue weighted by molar-refractivity contribution is 6.38. The number of fused-ring (bicyclic) bond motifs is 3. The molecule has 2 heterocycles. The Morgan fingerprint density at radius 2 is 1.52 bits per heavy atom. The predicted octanol–water partition coefficient (Wildman–Crippen LogP) is 3.39. The molecular weight excluding hydrogens is 692 g/mol. The first-order valence-electron chi connectivity index (χ1n) is 19.4. The molecule has 2 aliphatic heterocycles. The van der Waals surface area contributed by atoms with Crippen LogP contribution in [0.3, 0.4) is 0 Å². The normalized spacial score (nSPS) is 25.4. The third kappa shape index (κ3) is 11.0. The molecule has 3 aliphatic rings. The van der Waals surface area contributed by atoms with Crippen molar-refractivity contribution in [3.63, 3.8) is 0 Å². The highest BCUT2D eigenvalue weighted by Crippen LogP contribution is 2.65. The smallest absolute Gasteiger partial charge is 0.408 e. The summed E-state index contributed by atoms with van der Waals surface area (Å²) in [6, 6.07) is 4.71. The Morgan fingerprint density at radius 1 is 0.926 bits per heavy atom. The fourth-order valence-corrected chi connectivity index (χ4v) is 7.81. The molecule has 0 radical (unpaired) electrons. The van der Waals surface area contributed by atoms with Gasteiger partial charge in [0.05, 0.1) is 12.6 Å². The third-order valence-electron chi connectivity index (χ3n) is 10.9. The molecule has 0 aromatic heterocycles. The van der Waals surface area contributed by atoms with Gasteiger partial charge in [0.1, 0.15) is 23.7 Å². The van der Waals surface area contributed by atoms with Gasteiger partial charge < -0.3 is 35.8 Å². The molecule has 54 heavy (non-hydrogen) atoms. The Bertz CT molecular complexity index is 1540. The molecule has 0 unspecified atom stereocenters. The number of Topliss-reactive ketones (excluding diaryl/α,β-unsaturated/α-hetero) is 1. The number of ketones is 1. The summed E-state index contributed by atoms with van der Waals surface area (Å²) < 4.78 is 5.48. The minimum absolute atomic E-state index is 0.0556. The van der Waals surface area contributed by atoms with Crippen LogP contribution in [-0.4, -0.2) is 102 Å². The van der Waals surface area contributed by atoms with Gasteiger partial charge in [-0.2, -0.15) is 0 Å². The number of nitrogens with one attached hydrogen (secondary N) is 4. The lowest BCUT2D eigenvalue weighted by Gasteiger charge is -2.34. The Kier molecular flexibility index (Phi) is 14.3. The summed E-state index contributed by atoms with van der Waals surface area (Å²) in [7, 11) is 3.14. The van der Waals surface area contributed by atoms with Gasteiger partial charge in [-0.25, -0.2) is 4.79 Å². The van der Waals surface area contributed by atoms with Crippen LogP contribution in [-0.2, 0) is 33.5 Å². The zero-order chi connectivity index (χ0) is 39.8. The first-order chi connectivity index (χ1) is 25.4. The van der Waals surface area contributed by atoms with Crippen molar-refractivity contribution >= 4 is 41.4 Å². The summed E-state index contributed by atoms with van der Waals surface area (Å²) in [6.07, 6.45) is 6.77. The van der Waals surface area contributed by atoms with Crippen LogP contribution in [0.1, 0.15) is 110 Å². The van der Waals surface area contributed by atoms with Crippen LogP contribution < -0.4 is 21.3 Å². The molecule has 1 aromatic rings. The van der Waals surface area contributed by atoms with E-state index in [1.807, 2.05) is 13.8 Å². The lowest BCUT2D eigenvalue weighted by Crippen LogP contribution is -2.58. The number of benzene rings is 1. The van der Waals surface area contributed by atoms with Crippen LogP contribution in [0.25, 0.3) is 0 Å². The number of rotatable bonds is 8. The van der Waals surface area contributed by atoms with Crippen LogP contribution in [0.2, 0.25) is 0 Å². The molecule has 1 saturated carbocycles. The van der Waals surface area contributed by atoms with Gasteiger partial charge in [0.15, 0.2) is 0 Å². The van der Waals surface area contributed by atoms with Gasteiger partial charge >= 0.3 is 6.09 Å². The average molecular weight is 753 g/mol. The van der Waals surface area contributed by atoms with Crippen molar-refractivity contribution in [2.75, 3.05) is 27.2 Å². The van der Waals surface area contributed by atoms with E-state index in [1.54, 1.807) is 65.2 Å². The summed E-state index contributed by atoms with van der Waals surface area (Å²) >= 11 is 0. The van der Waals surface area contributed by atoms with E-state index in [1.165, 1.54) is 9.80 Å². The number of likely N-dealkylation sites (N-methyl/N-ethyl adjacent to an activating group) is 1. The number of carbonyl (C=O) groups is 7. The summed E-state index contributed by atoms with van der Waals surface area (Å²) in [6.45, 7) is 9.09. The molecule has 3 fully saturated rings. The Labute approximate surface area is 319 Å². The lowest BCUT2D eigenvalue weighted by molar-refractivity contribution is -0.144. The second kappa shape index (κ2) is 18.2. The van der Waals surface area contributed by atoms with Crippen LogP contribution in [0.4, 0.5) is 4.79 Å². The highest BCUT2D eigenvalue weighted by atomic mass is 16.6. The zero-order valence-corrected chi connectivity index (χ0v) is 33.0. The molecule has 14 nitrogen and oxygen atoms in total. The standard InChI is InChI=1S/C40H60N6O8/c1-39(2,3)54-38(53)43-28-22-18-13-11-9-8-10-12-17-21-27(42-34(49)32-30-26(40(30,4)5)24-46(32)36(28)51)33(48)35(50)41-23-29(47)44-31(37(52)45(6)7)25-19-15-14-16-20-25/h14-16,19-20,26-28,30-32H,8-13,17-18,21-24H2,1-7H3,(H,41,50)(H,42,49)(H,43,53)(H,44,47)/t26-,27-,28-,30-,31-,32-/m0/s1. The number of hydrogen-bond donors (Lipinski definition) is 4. The summed E-state index contributed by atoms with van der Waals surface area (Å²) in [5.41, 5.74) is -0.427. The maximum absolute atomic E-state index is 14.2. The molecule has 1 aliphatic carbocycles. The van der Waals surface area contributed by atoms with E-state index in [0.717, 1.165) is 44.9 Å². The second-order valence-electron chi connectivity index (χ2n) is 16.7. The summed E-state index contributed by atoms with van der Waals surface area (Å²) in [4.78, 5) is 96.9. The number of ether oxygens (including phenoxy) is 1. The molecule has 4 N–H and O–H groups in total. The largest absolute Gasteiger partial charge is 0.444 e. The fraction of sp³-hybridized carbons (Fsp3) is 0.675. The van der Waals surface area contributed by atoms with E-state index < -0.39 is 65.9 Å². The van der Waals surface area contributed by atoms with E-state index in [2.05, 4.69) is 21.3 Å². The van der Waals surface area contributed by atoms with E-state index in [-0.39, 0.29) is 35.5 Å². The Balaban J connectivity index is 1.50. The predicted molar refractivity (Wildman–Crippen MR) is 202 cm³/mol. The highest BCUT2D eigenvalue weighted by Gasteiger charge is 2.69. The van der Waals surface area contributed by atoms with Crippen molar-refractivity contribution in [1.82, 2.24) is 31.1 Å². The molecular formula is C40H60N6O8. The van der Waals surface area contributed by atoms with Crippen molar-refractivity contribution in [2.45, 2.75) is 129 Å². The van der Waals surface area contributed by atoms with Gasteiger partial charge in [0.2, 0.25) is 29.4 Å². The SMILES string of the molecule is CN(C)C(=O)[C@@H](NC(=O)CNC(=O)C(=O)[C@@H]1CCCCCCCCCC[C@H](NC(=O)OC(C)(C)C)C(=O)N2C[C@H]3[C@@H]([C@H]2C(=O)N1)C3(C)C)c1ccccc1. The molecule has 1 aromatic carbocycles. The van der Waals surface area contributed by atoms with Crippen molar-refractivity contribution in [2.24, 2.45) is 17.3 Å².